The summed E-state index contributed by atoms with van der Waals surface area (Å²) in [4.78, 5) is 32.1. The molecule has 1 aromatic heterocycles. The number of fused-ring (bicyclic) bond motifs is 1. The number of amides is 1. The van der Waals surface area contributed by atoms with Gasteiger partial charge in [-0.05, 0) is 30.5 Å². The zero-order chi connectivity index (χ0) is 24.7. The van der Waals surface area contributed by atoms with Crippen molar-refractivity contribution >= 4 is 38.4 Å². The van der Waals surface area contributed by atoms with Crippen LogP contribution in [0, 0.1) is 18.6 Å². The molecule has 4 aromatic rings. The summed E-state index contributed by atoms with van der Waals surface area (Å²) in [6.07, 6.45) is 0.531. The van der Waals surface area contributed by atoms with E-state index in [1.807, 2.05) is 49.4 Å². The van der Waals surface area contributed by atoms with Crippen LogP contribution in [-0.2, 0) is 16.0 Å². The van der Waals surface area contributed by atoms with Crippen LogP contribution in [0.1, 0.15) is 29.2 Å². The van der Waals surface area contributed by atoms with Crippen molar-refractivity contribution in [1.29, 1.82) is 0 Å². The number of hydrogen-bond donors (Lipinski definition) is 1. The molecular formula is C27H20F2N2O3S. The molecule has 1 aliphatic rings. The highest BCUT2D eigenvalue weighted by atomic mass is 32.1. The Kier molecular flexibility index (Phi) is 5.90. The highest BCUT2D eigenvalue weighted by molar-refractivity contribution is 7.22. The maximum atomic E-state index is 14.3. The van der Waals surface area contributed by atoms with Gasteiger partial charge in [0.1, 0.15) is 11.3 Å². The topological polar surface area (TPSA) is 70.5 Å². The number of nitrogens with zero attached hydrogens (tertiary/aromatic N) is 2. The third-order valence-corrected chi connectivity index (χ3v) is 6.96. The van der Waals surface area contributed by atoms with Crippen LogP contribution in [0.15, 0.2) is 78.1 Å². The monoisotopic (exact) mass is 490 g/mol. The van der Waals surface area contributed by atoms with Gasteiger partial charge in [0.15, 0.2) is 22.5 Å². The van der Waals surface area contributed by atoms with E-state index in [1.54, 1.807) is 12.1 Å². The Balaban J connectivity index is 1.58. The van der Waals surface area contributed by atoms with Gasteiger partial charge in [-0.3, -0.25) is 14.5 Å². The van der Waals surface area contributed by atoms with Crippen molar-refractivity contribution in [3.05, 3.63) is 106 Å². The van der Waals surface area contributed by atoms with Crippen LogP contribution in [0.5, 0.6) is 0 Å². The van der Waals surface area contributed by atoms with Gasteiger partial charge in [0.2, 0.25) is 0 Å². The first-order valence-corrected chi connectivity index (χ1v) is 11.8. The standard InChI is InChI=1S/C27H20F2N2O3S/c1-15-6-5-9-17(12-15)24-22(20(32)11-10-16-7-3-2-4-8-16)25(33)26(34)31(24)27-30-23-19(29)13-18(28)14-21(23)35-27/h2-9,12-14,24,33H,10-11H2,1H3. The number of thiazole rings is 1. The molecule has 1 amide bonds. The fourth-order valence-electron chi connectivity index (χ4n) is 4.33. The predicted molar refractivity (Wildman–Crippen MR) is 130 cm³/mol. The van der Waals surface area contributed by atoms with Crippen molar-refractivity contribution in [3.63, 3.8) is 0 Å². The van der Waals surface area contributed by atoms with Gasteiger partial charge in [-0.15, -0.1) is 0 Å². The molecule has 1 aliphatic heterocycles. The highest BCUT2D eigenvalue weighted by Gasteiger charge is 2.45. The van der Waals surface area contributed by atoms with Crippen LogP contribution in [0.3, 0.4) is 0 Å². The number of aliphatic hydroxyl groups excluding tert-OH is 1. The molecule has 5 rings (SSSR count). The Hall–Kier alpha value is -3.91. The second-order valence-corrected chi connectivity index (χ2v) is 9.40. The van der Waals surface area contributed by atoms with E-state index in [0.717, 1.165) is 34.6 Å². The molecule has 0 bridgehead atoms. The molecule has 0 radical (unpaired) electrons. The van der Waals surface area contributed by atoms with Gasteiger partial charge in [0, 0.05) is 12.5 Å². The maximum absolute atomic E-state index is 14.3. The lowest BCUT2D eigenvalue weighted by Crippen LogP contribution is -2.31. The summed E-state index contributed by atoms with van der Waals surface area (Å²) in [7, 11) is 0. The predicted octanol–water partition coefficient (Wildman–Crippen LogP) is 5.98. The summed E-state index contributed by atoms with van der Waals surface area (Å²) in [5.41, 5.74) is 2.36. The van der Waals surface area contributed by atoms with E-state index in [1.165, 1.54) is 4.90 Å². The lowest BCUT2D eigenvalue weighted by atomic mass is 9.92. The molecule has 8 heteroatoms. The zero-order valence-corrected chi connectivity index (χ0v) is 19.5. The molecule has 176 valence electrons. The Bertz CT molecular complexity index is 1500. The van der Waals surface area contributed by atoms with E-state index in [-0.39, 0.29) is 33.1 Å². The minimum atomic E-state index is -0.945. The van der Waals surface area contributed by atoms with Crippen molar-refractivity contribution in [2.24, 2.45) is 0 Å². The first-order chi connectivity index (χ1) is 16.8. The summed E-state index contributed by atoms with van der Waals surface area (Å²) in [5, 5.41) is 10.9. The number of aryl methyl sites for hydroxylation is 2. The average Bonchev–Trinajstić information content (AvgIpc) is 3.37. The van der Waals surface area contributed by atoms with Crippen molar-refractivity contribution < 1.29 is 23.5 Å². The second kappa shape index (κ2) is 9.03. The van der Waals surface area contributed by atoms with Crippen molar-refractivity contribution in [3.8, 4) is 0 Å². The normalized spacial score (nSPS) is 15.9. The molecular weight excluding hydrogens is 470 g/mol. The van der Waals surface area contributed by atoms with E-state index >= 15 is 0 Å². The van der Waals surface area contributed by atoms with Crippen LogP contribution < -0.4 is 4.90 Å². The van der Waals surface area contributed by atoms with Crippen LogP contribution in [0.25, 0.3) is 10.2 Å². The third-order valence-electron chi connectivity index (χ3n) is 5.96. The van der Waals surface area contributed by atoms with Gasteiger partial charge in [-0.2, -0.15) is 0 Å². The van der Waals surface area contributed by atoms with Crippen molar-refractivity contribution in [2.75, 3.05) is 4.90 Å². The zero-order valence-electron chi connectivity index (χ0n) is 18.7. The largest absolute Gasteiger partial charge is 0.503 e. The molecule has 3 aromatic carbocycles. The average molecular weight is 491 g/mol. The Morgan fingerprint density at radius 3 is 2.60 bits per heavy atom. The molecule has 1 atom stereocenters. The Labute approximate surface area is 204 Å². The first-order valence-electron chi connectivity index (χ1n) is 11.0. The van der Waals surface area contributed by atoms with Gasteiger partial charge < -0.3 is 5.11 Å². The lowest BCUT2D eigenvalue weighted by Gasteiger charge is -2.24. The van der Waals surface area contributed by atoms with E-state index in [0.29, 0.717) is 12.0 Å². The number of carbonyl (C=O) groups is 2. The molecule has 5 nitrogen and oxygen atoms in total. The second-order valence-electron chi connectivity index (χ2n) is 8.39. The van der Waals surface area contributed by atoms with Crippen LogP contribution in [0.2, 0.25) is 0 Å². The number of rotatable bonds is 6. The lowest BCUT2D eigenvalue weighted by molar-refractivity contribution is -0.118. The Morgan fingerprint density at radius 1 is 1.09 bits per heavy atom. The van der Waals surface area contributed by atoms with Gasteiger partial charge in [-0.25, -0.2) is 13.8 Å². The molecule has 0 saturated heterocycles. The highest BCUT2D eigenvalue weighted by Crippen LogP contribution is 2.44. The quantitative estimate of drug-likeness (QED) is 0.361. The number of aromatic nitrogens is 1. The fourth-order valence-corrected chi connectivity index (χ4v) is 5.36. The number of Topliss-reactive ketones (excluding diaryl/α,β-unsaturated/α-hetero) is 1. The molecule has 0 fully saturated rings. The molecule has 0 saturated carbocycles. The van der Waals surface area contributed by atoms with Gasteiger partial charge >= 0.3 is 0 Å². The number of hydrogen-bond acceptors (Lipinski definition) is 5. The molecule has 1 unspecified atom stereocenters. The number of aliphatic hydroxyl groups is 1. The van der Waals surface area contributed by atoms with E-state index in [4.69, 9.17) is 0 Å². The number of benzene rings is 3. The number of ketones is 1. The van der Waals surface area contributed by atoms with Crippen molar-refractivity contribution in [1.82, 2.24) is 4.98 Å². The molecule has 2 heterocycles. The van der Waals surface area contributed by atoms with Gasteiger partial charge in [0.05, 0.1) is 16.3 Å². The summed E-state index contributed by atoms with van der Waals surface area (Å²) in [5.74, 6) is -3.43. The summed E-state index contributed by atoms with van der Waals surface area (Å²) < 4.78 is 28.3. The van der Waals surface area contributed by atoms with Crippen molar-refractivity contribution in [2.45, 2.75) is 25.8 Å². The van der Waals surface area contributed by atoms with Crippen LogP contribution >= 0.6 is 11.3 Å². The van der Waals surface area contributed by atoms with Gasteiger partial charge in [-0.1, -0.05) is 71.5 Å². The maximum Gasteiger partial charge on any atom is 0.296 e. The third kappa shape index (κ3) is 4.21. The Morgan fingerprint density at radius 2 is 1.86 bits per heavy atom. The molecule has 35 heavy (non-hydrogen) atoms. The molecule has 0 spiro atoms. The molecule has 1 N–H and O–H groups in total. The summed E-state index contributed by atoms with van der Waals surface area (Å²) >= 11 is 0.920. The SMILES string of the molecule is Cc1cccc(C2C(C(=O)CCc3ccccc3)=C(O)C(=O)N2c2nc3c(F)cc(F)cc3s2)c1. The van der Waals surface area contributed by atoms with E-state index < -0.39 is 29.3 Å². The fraction of sp³-hybridized carbons (Fsp3) is 0.148. The van der Waals surface area contributed by atoms with E-state index in [9.17, 15) is 23.5 Å². The van der Waals surface area contributed by atoms with E-state index in [2.05, 4.69) is 4.98 Å². The van der Waals surface area contributed by atoms with Crippen LogP contribution in [-0.4, -0.2) is 21.8 Å². The minimum Gasteiger partial charge on any atom is -0.503 e. The van der Waals surface area contributed by atoms with Crippen LogP contribution in [0.4, 0.5) is 13.9 Å². The smallest absolute Gasteiger partial charge is 0.296 e. The minimum absolute atomic E-state index is 0.0255. The first kappa shape index (κ1) is 22.9. The number of carbonyl (C=O) groups excluding carboxylic acids is 2. The number of anilines is 1. The summed E-state index contributed by atoms with van der Waals surface area (Å²) in [6, 6.07) is 17.6. The number of halogens is 2. The molecule has 0 aliphatic carbocycles. The summed E-state index contributed by atoms with van der Waals surface area (Å²) in [6.45, 7) is 1.88. The van der Waals surface area contributed by atoms with Gasteiger partial charge in [0.25, 0.3) is 5.91 Å².